The number of carboxylic acids is 1. The Morgan fingerprint density at radius 2 is 1.79 bits per heavy atom. The van der Waals surface area contributed by atoms with Crippen LogP contribution in [0.15, 0.2) is 12.2 Å². The first-order valence-electron chi connectivity index (χ1n) is 14.7. The highest BCUT2D eigenvalue weighted by atomic mass is 19.4. The average molecular weight is 620 g/mol. The second kappa shape index (κ2) is 12.5. The monoisotopic (exact) mass is 619 g/mol. The van der Waals surface area contributed by atoms with Gasteiger partial charge >= 0.3 is 24.1 Å². The van der Waals surface area contributed by atoms with Crippen LogP contribution in [0.1, 0.15) is 72.6 Å². The van der Waals surface area contributed by atoms with Crippen molar-refractivity contribution in [3.8, 4) is 0 Å². The van der Waals surface area contributed by atoms with Crippen LogP contribution < -0.4 is 5.73 Å². The second-order valence-corrected chi connectivity index (χ2v) is 13.1. The Morgan fingerprint density at radius 3 is 2.30 bits per heavy atom. The molecular formula is C30H44F3NO9. The van der Waals surface area contributed by atoms with Gasteiger partial charge in [-0.2, -0.15) is 13.2 Å². The van der Waals surface area contributed by atoms with Crippen LogP contribution in [0.25, 0.3) is 0 Å². The zero-order valence-corrected chi connectivity index (χ0v) is 25.4. The van der Waals surface area contributed by atoms with Gasteiger partial charge in [0, 0.05) is 31.3 Å². The molecule has 0 radical (unpaired) electrons. The molecule has 43 heavy (non-hydrogen) atoms. The fourth-order valence-corrected chi connectivity index (χ4v) is 8.72. The van der Waals surface area contributed by atoms with Crippen molar-refractivity contribution in [2.45, 2.75) is 103 Å². The minimum Gasteiger partial charge on any atom is -0.475 e. The summed E-state index contributed by atoms with van der Waals surface area (Å²) in [5.41, 5.74) is 4.39. The summed E-state index contributed by atoms with van der Waals surface area (Å²) in [6.45, 7) is 12.0. The first kappa shape index (κ1) is 35.0. The topological polar surface area (TPSA) is 162 Å². The molecule has 4 rings (SSSR count). The number of Topliss-reactive ketones (excluding diaryl/α,β-unsaturated/α-hetero) is 1. The zero-order valence-electron chi connectivity index (χ0n) is 25.4. The molecule has 4 N–H and O–H groups in total. The van der Waals surface area contributed by atoms with Crippen LogP contribution in [-0.2, 0) is 33.4 Å². The van der Waals surface area contributed by atoms with Gasteiger partial charge < -0.3 is 30.2 Å². The van der Waals surface area contributed by atoms with E-state index in [4.69, 9.17) is 29.8 Å². The first-order chi connectivity index (χ1) is 19.8. The lowest BCUT2D eigenvalue weighted by atomic mass is 9.39. The fourth-order valence-electron chi connectivity index (χ4n) is 8.72. The van der Waals surface area contributed by atoms with Crippen LogP contribution in [0.2, 0.25) is 0 Å². The van der Waals surface area contributed by atoms with Crippen molar-refractivity contribution in [2.24, 2.45) is 39.7 Å². The van der Waals surface area contributed by atoms with Crippen molar-refractivity contribution in [3.63, 3.8) is 0 Å². The number of fused-ring (bicyclic) bond motifs is 3. The van der Waals surface area contributed by atoms with Crippen LogP contribution >= 0.6 is 0 Å². The summed E-state index contributed by atoms with van der Waals surface area (Å²) in [5, 5.41) is 18.9. The van der Waals surface area contributed by atoms with Gasteiger partial charge in [-0.25, -0.2) is 4.79 Å². The van der Waals surface area contributed by atoms with Crippen LogP contribution in [0.4, 0.5) is 13.2 Å². The number of aliphatic hydroxyl groups excluding tert-OH is 1. The first-order valence-corrected chi connectivity index (χ1v) is 14.7. The highest BCUT2D eigenvalue weighted by molar-refractivity contribution is 6.05. The number of carbonyl (C=O) groups excluding carboxylic acids is 3. The number of aliphatic hydroxyl groups is 1. The largest absolute Gasteiger partial charge is 0.490 e. The van der Waals surface area contributed by atoms with Crippen molar-refractivity contribution in [2.75, 3.05) is 13.7 Å². The third-order valence-corrected chi connectivity index (χ3v) is 10.3. The van der Waals surface area contributed by atoms with Crippen LogP contribution in [-0.4, -0.2) is 78.2 Å². The molecule has 4 fully saturated rings. The summed E-state index contributed by atoms with van der Waals surface area (Å²) in [6.07, 6.45) is -2.79. The Kier molecular flexibility index (Phi) is 10.1. The summed E-state index contributed by atoms with van der Waals surface area (Å²) in [7, 11) is 1.58. The minimum atomic E-state index is -5.08. The van der Waals surface area contributed by atoms with Gasteiger partial charge in [-0.15, -0.1) is 0 Å². The number of carboxylic acid groups (broad SMARTS) is 1. The molecule has 0 aliphatic heterocycles. The van der Waals surface area contributed by atoms with Crippen LogP contribution in [0.3, 0.4) is 0 Å². The average Bonchev–Trinajstić information content (AvgIpc) is 3.03. The van der Waals surface area contributed by atoms with E-state index in [2.05, 4.69) is 20.4 Å². The van der Waals surface area contributed by atoms with Gasteiger partial charge in [0.2, 0.25) is 0 Å². The van der Waals surface area contributed by atoms with E-state index in [9.17, 15) is 32.7 Å². The molecule has 4 aliphatic carbocycles. The van der Waals surface area contributed by atoms with Crippen molar-refractivity contribution in [1.29, 1.82) is 0 Å². The highest BCUT2D eigenvalue weighted by Gasteiger charge is 2.78. The number of hydrogen-bond donors (Lipinski definition) is 3. The lowest BCUT2D eigenvalue weighted by molar-refractivity contribution is -0.272. The molecule has 13 heteroatoms. The molecule has 10 nitrogen and oxygen atoms in total. The smallest absolute Gasteiger partial charge is 0.475 e. The number of carbonyl (C=O) groups is 4. The number of rotatable bonds is 7. The van der Waals surface area contributed by atoms with Gasteiger partial charge in [0.05, 0.1) is 18.8 Å². The molecule has 0 amide bonds. The Balaban J connectivity index is 0.000000646. The van der Waals surface area contributed by atoms with Crippen molar-refractivity contribution >= 4 is 23.7 Å². The van der Waals surface area contributed by atoms with E-state index in [-0.39, 0.29) is 30.1 Å². The number of ketones is 1. The third-order valence-electron chi connectivity index (χ3n) is 10.3. The van der Waals surface area contributed by atoms with Crippen molar-refractivity contribution in [3.05, 3.63) is 12.2 Å². The maximum atomic E-state index is 14.2. The molecule has 4 saturated carbocycles. The Bertz CT molecular complexity index is 1120. The van der Waals surface area contributed by atoms with E-state index in [1.54, 1.807) is 7.11 Å². The Hall–Kier alpha value is -2.51. The number of nitrogens with two attached hydrogens (primary N) is 1. The molecule has 0 heterocycles. The minimum absolute atomic E-state index is 0.0326. The number of aliphatic carboxylic acids is 1. The summed E-state index contributed by atoms with van der Waals surface area (Å²) in [4.78, 5) is 48.3. The van der Waals surface area contributed by atoms with Crippen LogP contribution in [0.5, 0.6) is 0 Å². The maximum Gasteiger partial charge on any atom is 0.490 e. The third kappa shape index (κ3) is 5.96. The predicted molar refractivity (Wildman–Crippen MR) is 146 cm³/mol. The van der Waals surface area contributed by atoms with E-state index in [0.29, 0.717) is 24.8 Å². The predicted octanol–water partition coefficient (Wildman–Crippen LogP) is 3.58. The standard InChI is InChI=1S/C28H43NO7.C2HF3O2/c1-7-9-18(29)25(33)36-24-17-12-19(31)22-27(14-35-16(3)30)11-8-10-26(4,5)20(27)13-21(34-6)28(22,24)23(32)15(17)2;3-2(4,5)1(6)7/h17-22,24,31H,2,7-14,29H2,1,3-6H3;(H,6,7)/t17-,18-,19-,20+,21+,22-,24+,27-,28+;/m0./s1. The number of esters is 2. The summed E-state index contributed by atoms with van der Waals surface area (Å²) < 4.78 is 49.6. The van der Waals surface area contributed by atoms with Gasteiger partial charge in [-0.3, -0.25) is 14.4 Å². The van der Waals surface area contributed by atoms with Gasteiger partial charge in [-0.05, 0) is 49.0 Å². The number of halogens is 3. The molecule has 0 unspecified atom stereocenters. The summed E-state index contributed by atoms with van der Waals surface area (Å²) in [5.74, 6) is -4.98. The Labute approximate surface area is 249 Å². The lowest BCUT2D eigenvalue weighted by Gasteiger charge is -2.67. The van der Waals surface area contributed by atoms with E-state index in [0.717, 1.165) is 19.3 Å². The van der Waals surface area contributed by atoms with E-state index in [1.807, 2.05) is 6.92 Å². The van der Waals surface area contributed by atoms with E-state index >= 15 is 0 Å². The zero-order chi connectivity index (χ0) is 32.7. The molecule has 4 aliphatic rings. The van der Waals surface area contributed by atoms with Gasteiger partial charge in [0.15, 0.2) is 5.78 Å². The number of alkyl halides is 3. The van der Waals surface area contributed by atoms with Crippen LogP contribution in [0, 0.1) is 34.0 Å². The molecule has 0 saturated heterocycles. The molecule has 0 aromatic heterocycles. The summed E-state index contributed by atoms with van der Waals surface area (Å²) >= 11 is 0. The number of hydrogen-bond acceptors (Lipinski definition) is 9. The molecule has 1 spiro atoms. The fraction of sp³-hybridized carbons (Fsp3) is 0.800. The Morgan fingerprint density at radius 1 is 1.19 bits per heavy atom. The SMILES string of the molecule is C=C1C(=O)[C@]23[C@H](OC(=O)[C@@H](N)CCC)[C@H]1C[C@H](O)[C@H]2[C@]1(COC(C)=O)CCCC(C)(C)[C@H]1C[C@H]3OC.O=C(O)C(F)(F)F. The normalized spacial score (nSPS) is 36.8. The highest BCUT2D eigenvalue weighted by Crippen LogP contribution is 2.72. The van der Waals surface area contributed by atoms with Crippen molar-refractivity contribution in [1.82, 2.24) is 0 Å². The molecule has 0 aromatic rings. The molecule has 2 bridgehead atoms. The molecular weight excluding hydrogens is 575 g/mol. The maximum absolute atomic E-state index is 14.2. The number of methoxy groups -OCH3 is 1. The quantitative estimate of drug-likeness (QED) is 0.284. The van der Waals surface area contributed by atoms with Gasteiger partial charge in [0.1, 0.15) is 17.6 Å². The lowest BCUT2D eigenvalue weighted by Crippen LogP contribution is -2.72. The molecule has 9 atom stereocenters. The number of ether oxygens (including phenoxy) is 3. The molecule has 0 aromatic carbocycles. The summed E-state index contributed by atoms with van der Waals surface area (Å²) in [6, 6.07) is -0.791. The van der Waals surface area contributed by atoms with Gasteiger partial charge in [0.25, 0.3) is 0 Å². The van der Waals surface area contributed by atoms with E-state index in [1.165, 1.54) is 6.92 Å². The molecule has 244 valence electrons. The second-order valence-electron chi connectivity index (χ2n) is 13.1. The van der Waals surface area contributed by atoms with Crippen molar-refractivity contribution < 1.29 is 56.8 Å². The van der Waals surface area contributed by atoms with E-state index < -0.39 is 71.1 Å². The van der Waals surface area contributed by atoms with Gasteiger partial charge in [-0.1, -0.05) is 40.2 Å².